The van der Waals surface area contributed by atoms with Gasteiger partial charge in [-0.3, -0.25) is 9.59 Å². The largest absolute Gasteiger partial charge is 0.394 e. The molecule has 7 heterocycles. The summed E-state index contributed by atoms with van der Waals surface area (Å²) in [6.45, 7) is -2.16. The Labute approximate surface area is 739 Å². The number of rotatable bonds is 60. The Morgan fingerprint density at radius 1 is 0.310 bits per heavy atom. The minimum absolute atomic E-state index is 0.173. The van der Waals surface area contributed by atoms with Crippen LogP contribution in [-0.4, -0.2) is 404 Å². The molecule has 0 aromatic heterocycles. The fourth-order valence-electron chi connectivity index (χ4n) is 17.2. The highest BCUT2D eigenvalue weighted by Crippen LogP contribution is 2.39. The van der Waals surface area contributed by atoms with Gasteiger partial charge in [-0.25, -0.2) is 0 Å². The van der Waals surface area contributed by atoms with Gasteiger partial charge in [-0.2, -0.15) is 0 Å². The van der Waals surface area contributed by atoms with Gasteiger partial charge >= 0.3 is 0 Å². The zero-order chi connectivity index (χ0) is 91.9. The lowest BCUT2D eigenvalue weighted by Crippen LogP contribution is -2.69. The lowest BCUT2D eigenvalue weighted by atomic mass is 9.94. The van der Waals surface area contributed by atoms with Crippen molar-refractivity contribution in [3.63, 3.8) is 0 Å². The van der Waals surface area contributed by atoms with Crippen LogP contribution in [0.5, 0.6) is 0 Å². The maximum atomic E-state index is 13.6. The van der Waals surface area contributed by atoms with E-state index in [2.05, 4.69) is 24.5 Å². The van der Waals surface area contributed by atoms with E-state index in [-0.39, 0.29) is 12.3 Å². The van der Waals surface area contributed by atoms with Gasteiger partial charge in [0.15, 0.2) is 44.0 Å². The highest BCUT2D eigenvalue weighted by atomic mass is 16.8. The number of nitrogens with one attached hydrogen (secondary N) is 2. The Hall–Kier alpha value is -2.76. The fraction of sp³-hybridized carbons (Fsp3) is 0.953. The topological polar surface area (TPSA) is 632 Å². The van der Waals surface area contributed by atoms with Gasteiger partial charge < -0.3 is 189 Å². The number of hydrogen-bond donors (Lipinski definition) is 24. The summed E-state index contributed by atoms with van der Waals surface area (Å²) in [6, 6.07) is -2.69. The van der Waals surface area contributed by atoms with Gasteiger partial charge in [0.1, 0.15) is 171 Å². The first-order valence-corrected chi connectivity index (χ1v) is 46.5. The van der Waals surface area contributed by atoms with E-state index in [1.54, 1.807) is 6.08 Å². The molecule has 7 rings (SSSR count). The van der Waals surface area contributed by atoms with Crippen LogP contribution in [0.25, 0.3) is 0 Å². The molecule has 37 atom stereocenters. The molecule has 7 aliphatic rings. The molecule has 0 aliphatic carbocycles. The van der Waals surface area contributed by atoms with Gasteiger partial charge in [-0.1, -0.05) is 219 Å². The van der Waals surface area contributed by atoms with Crippen LogP contribution in [0.4, 0.5) is 0 Å². The third-order valence-electron chi connectivity index (χ3n) is 24.9. The van der Waals surface area contributed by atoms with Gasteiger partial charge in [-0.05, 0) is 19.3 Å². The summed E-state index contributed by atoms with van der Waals surface area (Å²) in [6.07, 6.45) is -26.8. The second-order valence-corrected chi connectivity index (χ2v) is 34.8. The fourth-order valence-corrected chi connectivity index (χ4v) is 17.2. The van der Waals surface area contributed by atoms with Crippen LogP contribution in [0, 0.1) is 0 Å². The zero-order valence-electron chi connectivity index (χ0n) is 73.6. The van der Waals surface area contributed by atoms with E-state index in [0.717, 1.165) is 58.3 Å². The molecule has 0 spiro atoms. The number of aliphatic hydroxyl groups is 22. The summed E-state index contributed by atoms with van der Waals surface area (Å²) in [7, 11) is 0. The van der Waals surface area contributed by atoms with Gasteiger partial charge in [0.25, 0.3) is 0 Å². The lowest BCUT2D eigenvalue weighted by molar-refractivity contribution is -0.399. The van der Waals surface area contributed by atoms with E-state index in [1.807, 2.05) is 6.08 Å². The summed E-state index contributed by atoms with van der Waals surface area (Å²) in [4.78, 5) is 25.8. The van der Waals surface area contributed by atoms with Crippen molar-refractivity contribution in [3.8, 4) is 0 Å². The predicted molar refractivity (Wildman–Crippen MR) is 443 cm³/mol. The SMILES string of the molecule is CCCCCCCCCCCCC/C=C/[C@@H](O)[C@H](CO[C@@H]1OC(CO)[C@@H](O[C@@H]2OC(CO)[C@H](O[C@@H]3OC(CO)[C@H](O)[C@H](O[C@H]4OC(CO)[C@H](O)[C@H](O[C@H]5OC(CO)[C@H](O)[C@H](O[C@H]6OC(CO)[C@H](O)[C@H](O[C@@H]7OC(CO)[C@H](O)[C@H](O)C7NC(C)=O)C6O)C5O)C4O)C3O)[C@H](O)C2O)[C@H](O)C1O)NC(=O)CCCCCCCCCCCCCCCCCCCCCCC. The molecule has 2 amide bonds. The van der Waals surface area contributed by atoms with E-state index in [0.29, 0.717) is 12.8 Å². The van der Waals surface area contributed by atoms with Crippen LogP contribution in [-0.2, 0) is 75.9 Å². The van der Waals surface area contributed by atoms with E-state index >= 15 is 0 Å². The third kappa shape index (κ3) is 33.1. The minimum atomic E-state index is -2.35. The van der Waals surface area contributed by atoms with Crippen LogP contribution < -0.4 is 10.6 Å². The van der Waals surface area contributed by atoms with Crippen LogP contribution >= 0.6 is 0 Å². The molecule has 0 aromatic carbocycles. The Kier molecular flexibility index (Phi) is 51.8. The standard InChI is InChI=1S/C86H156N2O38/c1-4-6-8-10-12-14-16-18-19-20-21-22-23-24-25-27-29-31-33-35-37-39-58(98)88-49(50(97)38-36-34-32-30-28-26-17-15-13-11-9-7-5-2)47-113-81-68(107)66(105)74(56(45-94)119-81)121-82-69(108)67(106)75(57(46-95)120-82)122-83-71(110)77(62(101)53(42-91)115-83)124-85-73(112)79(64(103)55(44-93)117-85)126-86-72(111)78(63(102)54(43-92)118-86)125-84-70(109)76(61(100)52(41-90)116-84)123-80-59(87-48(3)96)65(104)60(99)51(40-89)114-80/h36,38,49-57,59-86,89-95,97,99-112H,4-35,37,39-47H2,1-3H3,(H,87,96)(H,88,98)/b38-36+/t49-,50+,51?,52?,53?,54?,55?,56?,57?,59?,60-,61-,62-,63-,64-,65+,66+,67+,68?,69?,70?,71?,72?,73?,74+,75-,76-,77-,78-,79-,80-,81+,82-,83-,84+,85+,86+/m0/s1. The number of amides is 2. The molecule has 7 saturated heterocycles. The van der Waals surface area contributed by atoms with Gasteiger partial charge in [0, 0.05) is 13.3 Å². The number of ether oxygens (including phenoxy) is 14. The monoisotopic (exact) mass is 1830 g/mol. The van der Waals surface area contributed by atoms with Crippen LogP contribution in [0.1, 0.15) is 239 Å². The van der Waals surface area contributed by atoms with Crippen molar-refractivity contribution in [2.45, 2.75) is 466 Å². The van der Waals surface area contributed by atoms with Crippen LogP contribution in [0.2, 0.25) is 0 Å². The van der Waals surface area contributed by atoms with E-state index in [1.165, 1.54) is 148 Å². The van der Waals surface area contributed by atoms with Crippen LogP contribution in [0.15, 0.2) is 12.2 Å². The highest BCUT2D eigenvalue weighted by Gasteiger charge is 2.59. The Balaban J connectivity index is 0.930. The normalized spacial score (nSPS) is 38.2. The van der Waals surface area contributed by atoms with Crippen molar-refractivity contribution in [1.29, 1.82) is 0 Å². The van der Waals surface area contributed by atoms with Crippen LogP contribution in [0.3, 0.4) is 0 Å². The Bertz CT molecular complexity index is 2910. The van der Waals surface area contributed by atoms with Gasteiger partial charge in [0.05, 0.1) is 65.0 Å². The molecule has 126 heavy (non-hydrogen) atoms. The lowest BCUT2D eigenvalue weighted by Gasteiger charge is -2.50. The molecule has 0 saturated carbocycles. The van der Waals surface area contributed by atoms with Gasteiger partial charge in [-0.15, -0.1) is 0 Å². The van der Waals surface area contributed by atoms with E-state index < -0.39 is 286 Å². The number of hydrogen-bond acceptors (Lipinski definition) is 38. The average Bonchev–Trinajstić information content (AvgIpc) is 0.772. The molecule has 0 aromatic rings. The molecule has 24 N–H and O–H groups in total. The van der Waals surface area contributed by atoms with Gasteiger partial charge in [0.2, 0.25) is 11.8 Å². The number of unbranched alkanes of at least 4 members (excludes halogenated alkanes) is 31. The maximum Gasteiger partial charge on any atom is 0.220 e. The molecule has 7 aliphatic heterocycles. The molecule has 0 radical (unpaired) electrons. The van der Waals surface area contributed by atoms with Crippen molar-refractivity contribution in [3.05, 3.63) is 12.2 Å². The molecular formula is C86H156N2O38. The van der Waals surface area contributed by atoms with Crippen molar-refractivity contribution in [2.24, 2.45) is 0 Å². The Morgan fingerprint density at radius 2 is 0.579 bits per heavy atom. The first kappa shape index (κ1) is 110. The molecule has 0 bridgehead atoms. The zero-order valence-corrected chi connectivity index (χ0v) is 73.6. The molecule has 738 valence electrons. The second-order valence-electron chi connectivity index (χ2n) is 34.8. The second kappa shape index (κ2) is 59.2. The van der Waals surface area contributed by atoms with E-state index in [4.69, 9.17) is 66.3 Å². The number of allylic oxidation sites excluding steroid dienone is 1. The van der Waals surface area contributed by atoms with E-state index in [9.17, 15) is 122 Å². The molecular weight excluding hydrogens is 1670 g/mol. The molecule has 14 unspecified atom stereocenters. The summed E-state index contributed by atoms with van der Waals surface area (Å²) in [5, 5.41) is 251. The summed E-state index contributed by atoms with van der Waals surface area (Å²) in [5.41, 5.74) is 0. The summed E-state index contributed by atoms with van der Waals surface area (Å²) >= 11 is 0. The third-order valence-corrected chi connectivity index (χ3v) is 24.9. The number of carbonyl (C=O) groups excluding carboxylic acids is 2. The first-order valence-electron chi connectivity index (χ1n) is 46.5. The molecule has 7 fully saturated rings. The summed E-state index contributed by atoms with van der Waals surface area (Å²) in [5.74, 6) is -1.12. The smallest absolute Gasteiger partial charge is 0.220 e. The number of aliphatic hydroxyl groups excluding tert-OH is 22. The quantitative estimate of drug-likeness (QED) is 0.0223. The summed E-state index contributed by atoms with van der Waals surface area (Å²) < 4.78 is 81.4. The average molecular weight is 1830 g/mol. The minimum Gasteiger partial charge on any atom is -0.394 e. The van der Waals surface area contributed by atoms with Crippen molar-refractivity contribution >= 4 is 11.8 Å². The number of carbonyl (C=O) groups is 2. The molecule has 40 nitrogen and oxygen atoms in total. The van der Waals surface area contributed by atoms with Crippen molar-refractivity contribution in [1.82, 2.24) is 10.6 Å². The molecule has 40 heteroatoms. The highest BCUT2D eigenvalue weighted by molar-refractivity contribution is 5.76. The van der Waals surface area contributed by atoms with Crippen molar-refractivity contribution in [2.75, 3.05) is 52.9 Å². The Morgan fingerprint density at radius 3 is 0.913 bits per heavy atom. The van der Waals surface area contributed by atoms with Crippen molar-refractivity contribution < 1.29 is 188 Å². The maximum absolute atomic E-state index is 13.6. The predicted octanol–water partition coefficient (Wildman–Crippen LogP) is -2.40. The first-order chi connectivity index (χ1) is 60.7.